The molecule has 0 aliphatic carbocycles. The first-order valence-electron chi connectivity index (χ1n) is 7.33. The molecule has 3 aromatic rings. The highest BCUT2D eigenvalue weighted by Crippen LogP contribution is 2.36. The second-order valence-electron chi connectivity index (χ2n) is 5.09. The summed E-state index contributed by atoms with van der Waals surface area (Å²) in [4.78, 5) is 4.25. The van der Waals surface area contributed by atoms with Crippen LogP contribution in [0.25, 0.3) is 11.1 Å². The lowest BCUT2D eigenvalue weighted by Gasteiger charge is -2.14. The Morgan fingerprint density at radius 2 is 1.78 bits per heavy atom. The third kappa shape index (κ3) is 3.43. The average molecular weight is 306 g/mol. The maximum atomic E-state index is 5.99. The molecule has 0 amide bonds. The van der Waals surface area contributed by atoms with Gasteiger partial charge in [-0.2, -0.15) is 0 Å². The summed E-state index contributed by atoms with van der Waals surface area (Å²) in [5.74, 6) is 1.27. The molecule has 0 saturated carbocycles. The van der Waals surface area contributed by atoms with Gasteiger partial charge in [0.15, 0.2) is 0 Å². The summed E-state index contributed by atoms with van der Waals surface area (Å²) in [6.45, 7) is 0.472. The number of methoxy groups -OCH3 is 1. The Labute approximate surface area is 135 Å². The van der Waals surface area contributed by atoms with Crippen LogP contribution in [0.2, 0.25) is 0 Å². The molecule has 23 heavy (non-hydrogen) atoms. The van der Waals surface area contributed by atoms with Gasteiger partial charge in [-0.15, -0.1) is 0 Å². The van der Waals surface area contributed by atoms with Crippen molar-refractivity contribution in [2.45, 2.75) is 6.61 Å². The average Bonchev–Trinajstić information content (AvgIpc) is 2.61. The molecule has 4 nitrogen and oxygen atoms in total. The fraction of sp³-hybridized carbons (Fsp3) is 0.105. The molecule has 0 aliphatic rings. The van der Waals surface area contributed by atoms with Gasteiger partial charge in [-0.05, 0) is 29.8 Å². The lowest BCUT2D eigenvalue weighted by molar-refractivity contribution is 0.307. The Hall–Kier alpha value is -3.01. The predicted octanol–water partition coefficient (Wildman–Crippen LogP) is 3.92. The van der Waals surface area contributed by atoms with Crippen molar-refractivity contribution in [3.63, 3.8) is 0 Å². The van der Waals surface area contributed by atoms with Gasteiger partial charge >= 0.3 is 0 Å². The van der Waals surface area contributed by atoms with Gasteiger partial charge in [-0.1, -0.05) is 30.3 Å². The molecule has 0 bridgehead atoms. The van der Waals surface area contributed by atoms with E-state index >= 15 is 0 Å². The van der Waals surface area contributed by atoms with Crippen LogP contribution in [0.3, 0.4) is 0 Å². The van der Waals surface area contributed by atoms with Crippen molar-refractivity contribution in [1.82, 2.24) is 4.98 Å². The molecule has 0 radical (unpaired) electrons. The molecule has 4 heteroatoms. The first-order chi connectivity index (χ1) is 11.3. The molecule has 0 atom stereocenters. The van der Waals surface area contributed by atoms with Crippen LogP contribution < -0.4 is 15.2 Å². The van der Waals surface area contributed by atoms with E-state index in [0.29, 0.717) is 23.9 Å². The molecule has 2 aromatic carbocycles. The van der Waals surface area contributed by atoms with Gasteiger partial charge in [0.05, 0.1) is 7.11 Å². The van der Waals surface area contributed by atoms with E-state index in [-0.39, 0.29) is 0 Å². The first-order valence-corrected chi connectivity index (χ1v) is 7.33. The Bertz CT molecular complexity index is 788. The number of benzene rings is 2. The van der Waals surface area contributed by atoms with Crippen LogP contribution in [-0.2, 0) is 6.61 Å². The van der Waals surface area contributed by atoms with E-state index in [1.54, 1.807) is 13.3 Å². The summed E-state index contributed by atoms with van der Waals surface area (Å²) in [5.41, 5.74) is 9.44. The van der Waals surface area contributed by atoms with Gasteiger partial charge in [0.2, 0.25) is 5.88 Å². The second kappa shape index (κ2) is 6.83. The van der Waals surface area contributed by atoms with E-state index in [0.717, 1.165) is 16.7 Å². The topological polar surface area (TPSA) is 57.4 Å². The number of rotatable bonds is 5. The highest BCUT2D eigenvalue weighted by molar-refractivity contribution is 5.76. The molecule has 2 N–H and O–H groups in total. The zero-order chi connectivity index (χ0) is 16.1. The lowest BCUT2D eigenvalue weighted by Crippen LogP contribution is -1.99. The van der Waals surface area contributed by atoms with Crippen LogP contribution in [0, 0.1) is 0 Å². The third-order valence-electron chi connectivity index (χ3n) is 3.50. The number of nitrogens with zero attached hydrogens (tertiary/aromatic N) is 1. The summed E-state index contributed by atoms with van der Waals surface area (Å²) >= 11 is 0. The van der Waals surface area contributed by atoms with E-state index < -0.39 is 0 Å². The molecule has 0 saturated heterocycles. The van der Waals surface area contributed by atoms with Crippen LogP contribution in [0.5, 0.6) is 11.6 Å². The molecule has 3 rings (SSSR count). The van der Waals surface area contributed by atoms with E-state index in [1.165, 1.54) is 0 Å². The smallest absolute Gasteiger partial charge is 0.221 e. The van der Waals surface area contributed by atoms with Gasteiger partial charge in [-0.3, -0.25) is 0 Å². The Morgan fingerprint density at radius 1 is 0.957 bits per heavy atom. The number of pyridine rings is 1. The molecule has 1 aromatic heterocycles. The Kier molecular flexibility index (Phi) is 4.43. The largest absolute Gasteiger partial charge is 0.488 e. The zero-order valence-corrected chi connectivity index (χ0v) is 12.9. The highest BCUT2D eigenvalue weighted by atomic mass is 16.5. The number of nitrogen functional groups attached to an aromatic ring is 1. The van der Waals surface area contributed by atoms with Crippen LogP contribution in [-0.4, -0.2) is 12.1 Å². The van der Waals surface area contributed by atoms with Crippen molar-refractivity contribution in [3.05, 3.63) is 72.4 Å². The van der Waals surface area contributed by atoms with Crippen molar-refractivity contribution >= 4 is 5.69 Å². The maximum Gasteiger partial charge on any atom is 0.221 e. The SMILES string of the molecule is COc1ncccc1-c1ccc(N)cc1OCc1ccccc1. The van der Waals surface area contributed by atoms with Crippen molar-refractivity contribution in [2.24, 2.45) is 0 Å². The zero-order valence-electron chi connectivity index (χ0n) is 12.9. The Morgan fingerprint density at radius 3 is 2.57 bits per heavy atom. The van der Waals surface area contributed by atoms with E-state index in [4.69, 9.17) is 15.2 Å². The normalized spacial score (nSPS) is 10.3. The number of nitrogens with two attached hydrogens (primary N) is 1. The standard InChI is InChI=1S/C19H18N2O2/c1-22-19-17(8-5-11-21-19)16-10-9-15(20)12-18(16)23-13-14-6-3-2-4-7-14/h2-12H,13,20H2,1H3. The molecular formula is C19H18N2O2. The molecule has 1 heterocycles. The molecular weight excluding hydrogens is 288 g/mol. The molecule has 0 spiro atoms. The second-order valence-corrected chi connectivity index (χ2v) is 5.09. The van der Waals surface area contributed by atoms with E-state index in [2.05, 4.69) is 4.98 Å². The summed E-state index contributed by atoms with van der Waals surface area (Å²) in [5, 5.41) is 0. The third-order valence-corrected chi connectivity index (χ3v) is 3.50. The quantitative estimate of drug-likeness (QED) is 0.726. The van der Waals surface area contributed by atoms with Crippen LogP contribution >= 0.6 is 0 Å². The number of aromatic nitrogens is 1. The van der Waals surface area contributed by atoms with Crippen molar-refractivity contribution in [2.75, 3.05) is 12.8 Å². The summed E-state index contributed by atoms with van der Waals surface area (Å²) in [7, 11) is 1.60. The number of hydrogen-bond acceptors (Lipinski definition) is 4. The minimum atomic E-state index is 0.472. The van der Waals surface area contributed by atoms with Crippen molar-refractivity contribution in [1.29, 1.82) is 0 Å². The lowest BCUT2D eigenvalue weighted by atomic mass is 10.1. The molecule has 0 aliphatic heterocycles. The number of anilines is 1. The van der Waals surface area contributed by atoms with Gasteiger partial charge in [-0.25, -0.2) is 4.98 Å². The molecule has 116 valence electrons. The monoisotopic (exact) mass is 306 g/mol. The molecule has 0 fully saturated rings. The fourth-order valence-corrected chi connectivity index (χ4v) is 2.37. The Balaban J connectivity index is 1.95. The minimum Gasteiger partial charge on any atom is -0.488 e. The van der Waals surface area contributed by atoms with E-state index in [9.17, 15) is 0 Å². The van der Waals surface area contributed by atoms with Gasteiger partial charge < -0.3 is 15.2 Å². The number of ether oxygens (including phenoxy) is 2. The minimum absolute atomic E-state index is 0.472. The predicted molar refractivity (Wildman–Crippen MR) is 91.4 cm³/mol. The van der Waals surface area contributed by atoms with Crippen LogP contribution in [0.4, 0.5) is 5.69 Å². The number of hydrogen-bond donors (Lipinski definition) is 1. The van der Waals surface area contributed by atoms with Crippen molar-refractivity contribution in [3.8, 4) is 22.8 Å². The van der Waals surface area contributed by atoms with Crippen LogP contribution in [0.15, 0.2) is 66.9 Å². The van der Waals surface area contributed by atoms with Gasteiger partial charge in [0, 0.05) is 29.1 Å². The van der Waals surface area contributed by atoms with Gasteiger partial charge in [0.25, 0.3) is 0 Å². The highest BCUT2D eigenvalue weighted by Gasteiger charge is 2.12. The van der Waals surface area contributed by atoms with E-state index in [1.807, 2.05) is 60.7 Å². The van der Waals surface area contributed by atoms with Crippen molar-refractivity contribution < 1.29 is 9.47 Å². The first kappa shape index (κ1) is 14.9. The molecule has 0 unspecified atom stereocenters. The maximum absolute atomic E-state index is 5.99. The van der Waals surface area contributed by atoms with Gasteiger partial charge in [0.1, 0.15) is 12.4 Å². The summed E-state index contributed by atoms with van der Waals surface area (Å²) in [6, 6.07) is 19.4. The fourth-order valence-electron chi connectivity index (χ4n) is 2.37. The van der Waals surface area contributed by atoms with Crippen LogP contribution in [0.1, 0.15) is 5.56 Å². The summed E-state index contributed by atoms with van der Waals surface area (Å²) < 4.78 is 11.3. The summed E-state index contributed by atoms with van der Waals surface area (Å²) in [6.07, 6.45) is 1.70.